The van der Waals surface area contributed by atoms with E-state index < -0.39 is 11.7 Å². The minimum absolute atomic E-state index is 0.402. The first-order valence-electron chi connectivity index (χ1n) is 5.81. The number of amides is 1. The minimum atomic E-state index is -0.466. The highest BCUT2D eigenvalue weighted by atomic mass is 16.6. The molecule has 1 aromatic rings. The van der Waals surface area contributed by atoms with Crippen LogP contribution in [-0.4, -0.2) is 21.5 Å². The van der Waals surface area contributed by atoms with Crippen LogP contribution in [0.5, 0.6) is 0 Å². The van der Waals surface area contributed by atoms with Crippen LogP contribution in [0.3, 0.4) is 0 Å². The number of carbonyl (C=O) groups is 1. The standard InChI is InChI=1S/C12H21N3O2/c1-6-15-8-10(9(2)14-15)7-13-11(16)17-12(3,4)5/h8H,6-7H2,1-5H3,(H,13,16). The minimum Gasteiger partial charge on any atom is -0.444 e. The molecule has 0 bridgehead atoms. The maximum Gasteiger partial charge on any atom is 0.407 e. The first kappa shape index (κ1) is 13.5. The molecule has 96 valence electrons. The molecule has 17 heavy (non-hydrogen) atoms. The van der Waals surface area contributed by atoms with E-state index in [1.54, 1.807) is 0 Å². The highest BCUT2D eigenvalue weighted by molar-refractivity contribution is 5.67. The molecule has 0 spiro atoms. The largest absolute Gasteiger partial charge is 0.444 e. The molecule has 0 saturated carbocycles. The van der Waals surface area contributed by atoms with Crippen molar-refractivity contribution in [2.75, 3.05) is 0 Å². The van der Waals surface area contributed by atoms with Crippen molar-refractivity contribution < 1.29 is 9.53 Å². The molecule has 1 heterocycles. The van der Waals surface area contributed by atoms with Crippen LogP contribution in [0.25, 0.3) is 0 Å². The molecule has 0 radical (unpaired) electrons. The Hall–Kier alpha value is -1.52. The predicted molar refractivity (Wildman–Crippen MR) is 65.7 cm³/mol. The zero-order chi connectivity index (χ0) is 13.1. The summed E-state index contributed by atoms with van der Waals surface area (Å²) < 4.78 is 7.00. The molecule has 1 amide bonds. The number of carbonyl (C=O) groups excluding carboxylic acids is 1. The fraction of sp³-hybridized carbons (Fsp3) is 0.667. The van der Waals surface area contributed by atoms with E-state index in [1.165, 1.54) is 0 Å². The summed E-state index contributed by atoms with van der Waals surface area (Å²) in [5.41, 5.74) is 1.48. The second kappa shape index (κ2) is 5.21. The lowest BCUT2D eigenvalue weighted by Crippen LogP contribution is -2.32. The third-order valence-electron chi connectivity index (χ3n) is 2.19. The van der Waals surface area contributed by atoms with Crippen LogP contribution in [0.15, 0.2) is 6.20 Å². The fourth-order valence-corrected chi connectivity index (χ4v) is 1.38. The molecule has 0 aliphatic carbocycles. The maximum atomic E-state index is 11.5. The molecule has 0 unspecified atom stereocenters. The van der Waals surface area contributed by atoms with Gasteiger partial charge in [0.05, 0.1) is 5.69 Å². The Morgan fingerprint density at radius 2 is 2.18 bits per heavy atom. The van der Waals surface area contributed by atoms with Gasteiger partial charge in [-0.15, -0.1) is 0 Å². The maximum absolute atomic E-state index is 11.5. The van der Waals surface area contributed by atoms with Crippen molar-refractivity contribution >= 4 is 6.09 Å². The quantitative estimate of drug-likeness (QED) is 0.880. The molecular weight excluding hydrogens is 218 g/mol. The number of rotatable bonds is 3. The second-order valence-electron chi connectivity index (χ2n) is 4.95. The Balaban J connectivity index is 2.50. The summed E-state index contributed by atoms with van der Waals surface area (Å²) in [4.78, 5) is 11.5. The van der Waals surface area contributed by atoms with Gasteiger partial charge in [0.1, 0.15) is 5.60 Å². The van der Waals surface area contributed by atoms with E-state index in [0.717, 1.165) is 17.8 Å². The van der Waals surface area contributed by atoms with Crippen LogP contribution in [0, 0.1) is 6.92 Å². The summed E-state index contributed by atoms with van der Waals surface area (Å²) in [5, 5.41) is 7.03. The van der Waals surface area contributed by atoms with Crippen molar-refractivity contribution in [1.29, 1.82) is 0 Å². The van der Waals surface area contributed by atoms with Gasteiger partial charge in [-0.3, -0.25) is 4.68 Å². The first-order chi connectivity index (χ1) is 7.81. The number of hydrogen-bond acceptors (Lipinski definition) is 3. The van der Waals surface area contributed by atoms with Crippen LogP contribution in [0.2, 0.25) is 0 Å². The number of nitrogens with zero attached hydrogens (tertiary/aromatic N) is 2. The van der Waals surface area contributed by atoms with E-state index in [-0.39, 0.29) is 0 Å². The van der Waals surface area contributed by atoms with Crippen molar-refractivity contribution in [3.05, 3.63) is 17.5 Å². The van der Waals surface area contributed by atoms with Gasteiger partial charge in [0.2, 0.25) is 0 Å². The molecule has 0 fully saturated rings. The number of aromatic nitrogens is 2. The Morgan fingerprint density at radius 1 is 1.53 bits per heavy atom. The lowest BCUT2D eigenvalue weighted by molar-refractivity contribution is 0.0523. The van der Waals surface area contributed by atoms with Crippen molar-refractivity contribution in [3.8, 4) is 0 Å². The van der Waals surface area contributed by atoms with Gasteiger partial charge < -0.3 is 10.1 Å². The summed E-state index contributed by atoms with van der Waals surface area (Å²) in [7, 11) is 0. The molecule has 1 aromatic heterocycles. The highest BCUT2D eigenvalue weighted by Crippen LogP contribution is 2.08. The number of aryl methyl sites for hydroxylation is 2. The predicted octanol–water partition coefficient (Wildman–Crippen LogP) is 2.24. The van der Waals surface area contributed by atoms with E-state index in [0.29, 0.717) is 6.54 Å². The summed E-state index contributed by atoms with van der Waals surface area (Å²) in [6.45, 7) is 10.7. The SMILES string of the molecule is CCn1cc(CNC(=O)OC(C)(C)C)c(C)n1. The molecule has 0 saturated heterocycles. The lowest BCUT2D eigenvalue weighted by atomic mass is 10.2. The van der Waals surface area contributed by atoms with Gasteiger partial charge in [0.25, 0.3) is 0 Å². The Morgan fingerprint density at radius 3 is 2.65 bits per heavy atom. The number of ether oxygens (including phenoxy) is 1. The molecule has 0 atom stereocenters. The van der Waals surface area contributed by atoms with Crippen molar-refractivity contribution in [2.24, 2.45) is 0 Å². The average Bonchev–Trinajstić information content (AvgIpc) is 2.54. The molecule has 0 aliphatic heterocycles. The molecule has 1 N–H and O–H groups in total. The van der Waals surface area contributed by atoms with Gasteiger partial charge in [-0.25, -0.2) is 4.79 Å². The van der Waals surface area contributed by atoms with E-state index >= 15 is 0 Å². The number of alkyl carbamates (subject to hydrolysis) is 1. The van der Waals surface area contributed by atoms with Crippen LogP contribution in [0.1, 0.15) is 39.0 Å². The van der Waals surface area contributed by atoms with Gasteiger partial charge >= 0.3 is 6.09 Å². The lowest BCUT2D eigenvalue weighted by Gasteiger charge is -2.19. The fourth-order valence-electron chi connectivity index (χ4n) is 1.38. The summed E-state index contributed by atoms with van der Waals surface area (Å²) in [5.74, 6) is 0. The molecule has 0 aliphatic rings. The van der Waals surface area contributed by atoms with Gasteiger partial charge in [-0.2, -0.15) is 5.10 Å². The monoisotopic (exact) mass is 239 g/mol. The van der Waals surface area contributed by atoms with Gasteiger partial charge in [-0.1, -0.05) is 0 Å². The third-order valence-corrected chi connectivity index (χ3v) is 2.19. The molecular formula is C12H21N3O2. The highest BCUT2D eigenvalue weighted by Gasteiger charge is 2.16. The Kier molecular flexibility index (Phi) is 4.15. The van der Waals surface area contributed by atoms with Crippen LogP contribution >= 0.6 is 0 Å². The number of nitrogens with one attached hydrogen (secondary N) is 1. The zero-order valence-corrected chi connectivity index (χ0v) is 11.2. The van der Waals surface area contributed by atoms with Gasteiger partial charge in [0.15, 0.2) is 0 Å². The zero-order valence-electron chi connectivity index (χ0n) is 11.2. The topological polar surface area (TPSA) is 56.2 Å². The molecule has 0 aromatic carbocycles. The second-order valence-corrected chi connectivity index (χ2v) is 4.95. The normalized spacial score (nSPS) is 11.4. The van der Waals surface area contributed by atoms with E-state index in [9.17, 15) is 4.79 Å². The van der Waals surface area contributed by atoms with E-state index in [4.69, 9.17) is 4.74 Å². The Bertz CT molecular complexity index is 391. The van der Waals surface area contributed by atoms with Crippen molar-refractivity contribution in [1.82, 2.24) is 15.1 Å². The van der Waals surface area contributed by atoms with Crippen LogP contribution < -0.4 is 5.32 Å². The van der Waals surface area contributed by atoms with E-state index in [1.807, 2.05) is 45.5 Å². The molecule has 5 heteroatoms. The van der Waals surface area contributed by atoms with Gasteiger partial charge in [0, 0.05) is 24.8 Å². The number of hydrogen-bond donors (Lipinski definition) is 1. The van der Waals surface area contributed by atoms with E-state index in [2.05, 4.69) is 10.4 Å². The third kappa shape index (κ3) is 4.46. The summed E-state index contributed by atoms with van der Waals surface area (Å²) in [6, 6.07) is 0. The molecule has 1 rings (SSSR count). The van der Waals surface area contributed by atoms with Crippen molar-refractivity contribution in [3.63, 3.8) is 0 Å². The molecule has 5 nitrogen and oxygen atoms in total. The smallest absolute Gasteiger partial charge is 0.407 e. The van der Waals surface area contributed by atoms with Crippen LogP contribution in [0.4, 0.5) is 4.79 Å². The van der Waals surface area contributed by atoms with Crippen molar-refractivity contribution in [2.45, 2.75) is 53.3 Å². The van der Waals surface area contributed by atoms with Gasteiger partial charge in [-0.05, 0) is 34.6 Å². The summed E-state index contributed by atoms with van der Waals surface area (Å²) >= 11 is 0. The summed E-state index contributed by atoms with van der Waals surface area (Å²) in [6.07, 6.45) is 1.54. The first-order valence-corrected chi connectivity index (χ1v) is 5.81. The van der Waals surface area contributed by atoms with Crippen LogP contribution in [-0.2, 0) is 17.8 Å². The Labute approximate surface area is 102 Å². The average molecular weight is 239 g/mol.